The SMILES string of the molecule is NC1CCC(n2cc(C(F)(F)F)cn2)C1. The average Bonchev–Trinajstić information content (AvgIpc) is 2.69. The van der Waals surface area contributed by atoms with Gasteiger partial charge in [-0.2, -0.15) is 18.3 Å². The highest BCUT2D eigenvalue weighted by atomic mass is 19.4. The van der Waals surface area contributed by atoms with E-state index in [4.69, 9.17) is 5.73 Å². The van der Waals surface area contributed by atoms with Gasteiger partial charge in [-0.25, -0.2) is 0 Å². The molecule has 3 nitrogen and oxygen atoms in total. The summed E-state index contributed by atoms with van der Waals surface area (Å²) in [5.41, 5.74) is 5.00. The molecular weight excluding hydrogens is 207 g/mol. The normalized spacial score (nSPS) is 27.2. The zero-order valence-electron chi connectivity index (χ0n) is 8.04. The lowest BCUT2D eigenvalue weighted by Gasteiger charge is -2.09. The average molecular weight is 219 g/mol. The first-order valence-electron chi connectivity index (χ1n) is 4.84. The van der Waals surface area contributed by atoms with Crippen LogP contribution in [0.15, 0.2) is 12.4 Å². The minimum absolute atomic E-state index is 0.0242. The Balaban J connectivity index is 2.14. The molecule has 6 heteroatoms. The minimum atomic E-state index is -4.31. The van der Waals surface area contributed by atoms with Crippen LogP contribution in [0.3, 0.4) is 0 Å². The van der Waals surface area contributed by atoms with E-state index in [2.05, 4.69) is 5.10 Å². The predicted molar refractivity (Wildman–Crippen MR) is 48.1 cm³/mol. The molecule has 84 valence electrons. The molecule has 0 bridgehead atoms. The van der Waals surface area contributed by atoms with Gasteiger partial charge in [0, 0.05) is 12.2 Å². The van der Waals surface area contributed by atoms with Crippen LogP contribution in [0, 0.1) is 0 Å². The van der Waals surface area contributed by atoms with E-state index in [1.165, 1.54) is 4.68 Å². The molecule has 2 N–H and O–H groups in total. The van der Waals surface area contributed by atoms with Gasteiger partial charge in [-0.15, -0.1) is 0 Å². The summed E-state index contributed by atoms with van der Waals surface area (Å²) in [6.45, 7) is 0. The topological polar surface area (TPSA) is 43.8 Å². The van der Waals surface area contributed by atoms with Crippen LogP contribution in [-0.2, 0) is 6.18 Å². The fraction of sp³-hybridized carbons (Fsp3) is 0.667. The van der Waals surface area contributed by atoms with E-state index < -0.39 is 11.7 Å². The molecule has 2 rings (SSSR count). The highest BCUT2D eigenvalue weighted by molar-refractivity contribution is 5.09. The van der Waals surface area contributed by atoms with Gasteiger partial charge in [0.2, 0.25) is 0 Å². The van der Waals surface area contributed by atoms with Crippen LogP contribution in [0.5, 0.6) is 0 Å². The standard InChI is InChI=1S/C9H12F3N3/c10-9(11,12)6-4-14-15(5-6)8-2-1-7(13)3-8/h4-5,7-8H,1-3,13H2. The number of nitrogens with two attached hydrogens (primary N) is 1. The summed E-state index contributed by atoms with van der Waals surface area (Å²) in [4.78, 5) is 0. The Morgan fingerprint density at radius 1 is 1.40 bits per heavy atom. The molecule has 1 aliphatic carbocycles. The van der Waals surface area contributed by atoms with E-state index in [-0.39, 0.29) is 12.1 Å². The molecule has 0 aliphatic heterocycles. The summed E-state index contributed by atoms with van der Waals surface area (Å²) < 4.78 is 38.2. The van der Waals surface area contributed by atoms with Gasteiger partial charge in [-0.05, 0) is 19.3 Å². The van der Waals surface area contributed by atoms with Crippen molar-refractivity contribution in [1.29, 1.82) is 0 Å². The molecule has 1 saturated carbocycles. The molecule has 0 aromatic carbocycles. The molecule has 1 aromatic rings. The smallest absolute Gasteiger partial charge is 0.328 e. The van der Waals surface area contributed by atoms with Crippen LogP contribution in [0.2, 0.25) is 0 Å². The van der Waals surface area contributed by atoms with Crippen molar-refractivity contribution in [2.24, 2.45) is 5.73 Å². The molecule has 2 atom stereocenters. The van der Waals surface area contributed by atoms with Gasteiger partial charge in [0.25, 0.3) is 0 Å². The van der Waals surface area contributed by atoms with E-state index in [0.717, 1.165) is 25.2 Å². The Hall–Kier alpha value is -1.04. The van der Waals surface area contributed by atoms with Gasteiger partial charge < -0.3 is 5.73 Å². The van der Waals surface area contributed by atoms with Crippen LogP contribution in [0.25, 0.3) is 0 Å². The van der Waals surface area contributed by atoms with Crippen LogP contribution in [0.4, 0.5) is 13.2 Å². The second-order valence-corrected chi connectivity index (χ2v) is 3.93. The van der Waals surface area contributed by atoms with E-state index in [9.17, 15) is 13.2 Å². The fourth-order valence-corrected chi connectivity index (χ4v) is 1.92. The lowest BCUT2D eigenvalue weighted by molar-refractivity contribution is -0.137. The molecule has 1 heterocycles. The monoisotopic (exact) mass is 219 g/mol. The number of aromatic nitrogens is 2. The van der Waals surface area contributed by atoms with Gasteiger partial charge in [0.1, 0.15) is 0 Å². The van der Waals surface area contributed by atoms with Crippen molar-refractivity contribution in [2.75, 3.05) is 0 Å². The summed E-state index contributed by atoms with van der Waals surface area (Å²) in [7, 11) is 0. The minimum Gasteiger partial charge on any atom is -0.328 e. The maximum Gasteiger partial charge on any atom is 0.419 e. The van der Waals surface area contributed by atoms with E-state index in [1.807, 2.05) is 0 Å². The van der Waals surface area contributed by atoms with Crippen molar-refractivity contribution < 1.29 is 13.2 Å². The van der Waals surface area contributed by atoms with E-state index >= 15 is 0 Å². The number of nitrogens with zero attached hydrogens (tertiary/aromatic N) is 2. The van der Waals surface area contributed by atoms with Crippen molar-refractivity contribution in [3.05, 3.63) is 18.0 Å². The Labute approximate surface area is 85.1 Å². The molecule has 1 aromatic heterocycles. The number of rotatable bonds is 1. The summed E-state index contributed by atoms with van der Waals surface area (Å²) in [5, 5.41) is 3.74. The summed E-state index contributed by atoms with van der Waals surface area (Å²) in [6.07, 6.45) is -0.0173. The second kappa shape index (κ2) is 3.52. The molecule has 0 radical (unpaired) electrons. The largest absolute Gasteiger partial charge is 0.419 e. The first-order chi connectivity index (χ1) is 6.97. The lowest BCUT2D eigenvalue weighted by atomic mass is 10.2. The molecule has 0 saturated heterocycles. The molecule has 0 amide bonds. The highest BCUT2D eigenvalue weighted by Gasteiger charge is 2.33. The maximum atomic E-state index is 12.3. The predicted octanol–water partition coefficient (Wildman–Crippen LogP) is 1.95. The first kappa shape index (κ1) is 10.5. The van der Waals surface area contributed by atoms with Crippen molar-refractivity contribution in [3.63, 3.8) is 0 Å². The molecular formula is C9H12F3N3. The van der Waals surface area contributed by atoms with E-state index in [1.54, 1.807) is 0 Å². The Morgan fingerprint density at radius 2 is 2.13 bits per heavy atom. The zero-order valence-corrected chi connectivity index (χ0v) is 8.04. The van der Waals surface area contributed by atoms with Gasteiger partial charge in [-0.3, -0.25) is 4.68 Å². The molecule has 1 aliphatic rings. The number of hydrogen-bond acceptors (Lipinski definition) is 2. The Morgan fingerprint density at radius 3 is 2.60 bits per heavy atom. The first-order valence-corrected chi connectivity index (χ1v) is 4.84. The van der Waals surface area contributed by atoms with Crippen molar-refractivity contribution in [1.82, 2.24) is 9.78 Å². The second-order valence-electron chi connectivity index (χ2n) is 3.93. The van der Waals surface area contributed by atoms with Crippen LogP contribution < -0.4 is 5.73 Å². The molecule has 15 heavy (non-hydrogen) atoms. The summed E-state index contributed by atoms with van der Waals surface area (Å²) >= 11 is 0. The fourth-order valence-electron chi connectivity index (χ4n) is 1.92. The lowest BCUT2D eigenvalue weighted by Crippen LogP contribution is -2.16. The number of alkyl halides is 3. The van der Waals surface area contributed by atoms with Crippen LogP contribution >= 0.6 is 0 Å². The van der Waals surface area contributed by atoms with Gasteiger partial charge in [-0.1, -0.05) is 0 Å². The maximum absolute atomic E-state index is 12.3. The quantitative estimate of drug-likeness (QED) is 0.784. The Kier molecular flexibility index (Phi) is 2.46. The third-order valence-electron chi connectivity index (χ3n) is 2.75. The highest BCUT2D eigenvalue weighted by Crippen LogP contribution is 2.32. The van der Waals surface area contributed by atoms with E-state index in [0.29, 0.717) is 6.42 Å². The number of hydrogen-bond donors (Lipinski definition) is 1. The van der Waals surface area contributed by atoms with Gasteiger partial charge >= 0.3 is 6.18 Å². The van der Waals surface area contributed by atoms with Crippen molar-refractivity contribution >= 4 is 0 Å². The molecule has 0 spiro atoms. The van der Waals surface area contributed by atoms with Crippen molar-refractivity contribution in [3.8, 4) is 0 Å². The summed E-state index contributed by atoms with van der Waals surface area (Å²) in [5.74, 6) is 0. The van der Waals surface area contributed by atoms with Crippen LogP contribution in [-0.4, -0.2) is 15.8 Å². The third-order valence-corrected chi connectivity index (χ3v) is 2.75. The van der Waals surface area contributed by atoms with Crippen molar-refractivity contribution in [2.45, 2.75) is 37.5 Å². The number of halogens is 3. The summed E-state index contributed by atoms with van der Waals surface area (Å²) in [6, 6.07) is 0.115. The third kappa shape index (κ3) is 2.14. The zero-order chi connectivity index (χ0) is 11.1. The molecule has 1 fully saturated rings. The van der Waals surface area contributed by atoms with Gasteiger partial charge in [0.15, 0.2) is 0 Å². The van der Waals surface area contributed by atoms with Gasteiger partial charge in [0.05, 0.1) is 17.8 Å². The van der Waals surface area contributed by atoms with Crippen LogP contribution in [0.1, 0.15) is 30.9 Å². The molecule has 2 unspecified atom stereocenters. The Bertz CT molecular complexity index is 345.